The molecule has 0 amide bonds. The molecule has 1 aliphatic heterocycles. The minimum atomic E-state index is 0.276. The van der Waals surface area contributed by atoms with Crippen molar-refractivity contribution in [2.24, 2.45) is 5.92 Å². The quantitative estimate of drug-likeness (QED) is 0.707. The monoisotopic (exact) mass is 187 g/mol. The van der Waals surface area contributed by atoms with Gasteiger partial charge in [-0.3, -0.25) is 4.90 Å². The van der Waals surface area contributed by atoms with E-state index in [4.69, 9.17) is 9.84 Å². The molecule has 0 aliphatic carbocycles. The summed E-state index contributed by atoms with van der Waals surface area (Å²) in [6.45, 7) is 9.45. The van der Waals surface area contributed by atoms with Gasteiger partial charge in [0.05, 0.1) is 12.7 Å². The van der Waals surface area contributed by atoms with Crippen molar-refractivity contribution in [3.05, 3.63) is 0 Å². The van der Waals surface area contributed by atoms with Gasteiger partial charge in [-0.1, -0.05) is 6.92 Å². The number of ether oxygens (including phenoxy) is 1. The first-order valence-corrected chi connectivity index (χ1v) is 5.11. The minimum absolute atomic E-state index is 0.276. The molecular weight excluding hydrogens is 166 g/mol. The minimum Gasteiger partial charge on any atom is -0.396 e. The average molecular weight is 187 g/mol. The number of hydrogen-bond acceptors (Lipinski definition) is 3. The highest BCUT2D eigenvalue weighted by atomic mass is 16.5. The summed E-state index contributed by atoms with van der Waals surface area (Å²) in [5.41, 5.74) is 0. The Bertz CT molecular complexity index is 152. The van der Waals surface area contributed by atoms with Crippen LogP contribution in [0.3, 0.4) is 0 Å². The number of aliphatic hydroxyl groups excluding tert-OH is 1. The van der Waals surface area contributed by atoms with Gasteiger partial charge in [0.25, 0.3) is 0 Å². The summed E-state index contributed by atoms with van der Waals surface area (Å²) in [5, 5.41) is 8.96. The van der Waals surface area contributed by atoms with Crippen molar-refractivity contribution in [1.82, 2.24) is 4.90 Å². The van der Waals surface area contributed by atoms with Crippen LogP contribution in [0.5, 0.6) is 0 Å². The molecule has 0 radical (unpaired) electrons. The van der Waals surface area contributed by atoms with Gasteiger partial charge in [0, 0.05) is 25.7 Å². The van der Waals surface area contributed by atoms with Gasteiger partial charge in [-0.2, -0.15) is 0 Å². The fourth-order valence-corrected chi connectivity index (χ4v) is 1.71. The van der Waals surface area contributed by atoms with Crippen LogP contribution in [-0.4, -0.2) is 48.5 Å². The van der Waals surface area contributed by atoms with Crippen molar-refractivity contribution in [3.63, 3.8) is 0 Å². The van der Waals surface area contributed by atoms with Crippen LogP contribution in [0, 0.1) is 5.92 Å². The van der Waals surface area contributed by atoms with Gasteiger partial charge in [-0.25, -0.2) is 0 Å². The third-order valence-corrected chi connectivity index (χ3v) is 2.87. The van der Waals surface area contributed by atoms with E-state index >= 15 is 0 Å². The molecule has 0 spiro atoms. The molecule has 1 fully saturated rings. The van der Waals surface area contributed by atoms with Crippen molar-refractivity contribution in [3.8, 4) is 0 Å². The van der Waals surface area contributed by atoms with Crippen LogP contribution in [0.4, 0.5) is 0 Å². The molecule has 1 N–H and O–H groups in total. The summed E-state index contributed by atoms with van der Waals surface area (Å²) in [7, 11) is 0. The third-order valence-electron chi connectivity index (χ3n) is 2.87. The maximum atomic E-state index is 8.96. The first-order chi connectivity index (χ1) is 6.15. The molecule has 0 aromatic rings. The summed E-state index contributed by atoms with van der Waals surface area (Å²) in [6.07, 6.45) is 0.319. The molecule has 0 aromatic heterocycles. The Hall–Kier alpha value is -0.120. The van der Waals surface area contributed by atoms with E-state index in [-0.39, 0.29) is 6.61 Å². The highest BCUT2D eigenvalue weighted by Crippen LogP contribution is 2.14. The van der Waals surface area contributed by atoms with Crippen LogP contribution in [0.15, 0.2) is 0 Å². The first-order valence-electron chi connectivity index (χ1n) is 5.11. The summed E-state index contributed by atoms with van der Waals surface area (Å²) in [5.74, 6) is 0.368. The van der Waals surface area contributed by atoms with E-state index < -0.39 is 0 Å². The summed E-state index contributed by atoms with van der Waals surface area (Å²) in [4.78, 5) is 2.40. The second-order valence-corrected chi connectivity index (χ2v) is 4.10. The molecule has 1 heterocycles. The Kier molecular flexibility index (Phi) is 4.16. The maximum absolute atomic E-state index is 8.96. The van der Waals surface area contributed by atoms with Gasteiger partial charge < -0.3 is 9.84 Å². The highest BCUT2D eigenvalue weighted by molar-refractivity contribution is 4.78. The van der Waals surface area contributed by atoms with Crippen molar-refractivity contribution in [2.75, 3.05) is 26.3 Å². The fraction of sp³-hybridized carbons (Fsp3) is 1.00. The largest absolute Gasteiger partial charge is 0.396 e. The Labute approximate surface area is 80.7 Å². The van der Waals surface area contributed by atoms with Gasteiger partial charge in [0.15, 0.2) is 0 Å². The number of rotatable bonds is 3. The van der Waals surface area contributed by atoms with Crippen LogP contribution < -0.4 is 0 Å². The molecule has 0 bridgehead atoms. The van der Waals surface area contributed by atoms with Crippen LogP contribution >= 0.6 is 0 Å². The second-order valence-electron chi connectivity index (χ2n) is 4.10. The lowest BCUT2D eigenvalue weighted by molar-refractivity contribution is -0.0611. The molecule has 3 nitrogen and oxygen atoms in total. The van der Waals surface area contributed by atoms with E-state index in [0.29, 0.717) is 18.1 Å². The molecule has 78 valence electrons. The molecular formula is C10H21NO2. The molecule has 1 aliphatic rings. The van der Waals surface area contributed by atoms with Gasteiger partial charge >= 0.3 is 0 Å². The van der Waals surface area contributed by atoms with Crippen LogP contribution in [0.1, 0.15) is 20.8 Å². The molecule has 0 saturated carbocycles. The lowest BCUT2D eigenvalue weighted by Gasteiger charge is -2.38. The van der Waals surface area contributed by atoms with E-state index in [9.17, 15) is 0 Å². The normalized spacial score (nSPS) is 33.2. The van der Waals surface area contributed by atoms with E-state index in [0.717, 1.165) is 19.7 Å². The van der Waals surface area contributed by atoms with Crippen molar-refractivity contribution >= 4 is 0 Å². The predicted octanol–water partition coefficient (Wildman–Crippen LogP) is 0.724. The van der Waals surface area contributed by atoms with Crippen molar-refractivity contribution in [2.45, 2.75) is 32.9 Å². The number of nitrogens with zero attached hydrogens (tertiary/aromatic N) is 1. The van der Waals surface area contributed by atoms with E-state index in [2.05, 4.69) is 25.7 Å². The van der Waals surface area contributed by atoms with Gasteiger partial charge in [-0.15, -0.1) is 0 Å². The SMILES string of the molecule is CC(CO)CN1CCOC(C)C1C. The third kappa shape index (κ3) is 2.93. The second kappa shape index (κ2) is 4.94. The Balaban J connectivity index is 2.39. The number of hydrogen-bond donors (Lipinski definition) is 1. The zero-order valence-electron chi connectivity index (χ0n) is 8.86. The zero-order valence-corrected chi connectivity index (χ0v) is 8.86. The lowest BCUT2D eigenvalue weighted by Crippen LogP contribution is -2.50. The van der Waals surface area contributed by atoms with Gasteiger partial charge in [-0.05, 0) is 19.8 Å². The van der Waals surface area contributed by atoms with Crippen molar-refractivity contribution in [1.29, 1.82) is 0 Å². The van der Waals surface area contributed by atoms with Gasteiger partial charge in [0.1, 0.15) is 0 Å². The fourth-order valence-electron chi connectivity index (χ4n) is 1.71. The lowest BCUT2D eigenvalue weighted by atomic mass is 10.1. The number of morpholine rings is 1. The maximum Gasteiger partial charge on any atom is 0.0700 e. The highest BCUT2D eigenvalue weighted by Gasteiger charge is 2.25. The smallest absolute Gasteiger partial charge is 0.0700 e. The zero-order chi connectivity index (χ0) is 9.84. The topological polar surface area (TPSA) is 32.7 Å². The van der Waals surface area contributed by atoms with Crippen LogP contribution in [-0.2, 0) is 4.74 Å². The van der Waals surface area contributed by atoms with Crippen molar-refractivity contribution < 1.29 is 9.84 Å². The van der Waals surface area contributed by atoms with E-state index in [1.54, 1.807) is 0 Å². The van der Waals surface area contributed by atoms with E-state index in [1.807, 2.05) is 0 Å². The predicted molar refractivity (Wildman–Crippen MR) is 52.7 cm³/mol. The molecule has 3 heteroatoms. The van der Waals surface area contributed by atoms with Crippen LogP contribution in [0.2, 0.25) is 0 Å². The van der Waals surface area contributed by atoms with E-state index in [1.165, 1.54) is 0 Å². The Morgan fingerprint density at radius 2 is 2.23 bits per heavy atom. The molecule has 1 saturated heterocycles. The Morgan fingerprint density at radius 3 is 2.85 bits per heavy atom. The van der Waals surface area contributed by atoms with Gasteiger partial charge in [0.2, 0.25) is 0 Å². The first kappa shape index (κ1) is 11.0. The molecule has 0 aromatic carbocycles. The Morgan fingerprint density at radius 1 is 1.54 bits per heavy atom. The molecule has 3 unspecified atom stereocenters. The molecule has 1 rings (SSSR count). The summed E-state index contributed by atoms with van der Waals surface area (Å²) >= 11 is 0. The summed E-state index contributed by atoms with van der Waals surface area (Å²) < 4.78 is 5.53. The summed E-state index contributed by atoms with van der Waals surface area (Å²) in [6, 6.07) is 0.475. The molecule has 13 heavy (non-hydrogen) atoms. The van der Waals surface area contributed by atoms with Crippen LogP contribution in [0.25, 0.3) is 0 Å². The molecule has 3 atom stereocenters. The average Bonchev–Trinajstić information content (AvgIpc) is 2.13. The standard InChI is InChI=1S/C10H21NO2/c1-8(7-12)6-11-4-5-13-10(3)9(11)2/h8-10,12H,4-7H2,1-3H3. The number of aliphatic hydroxyl groups is 1.